The van der Waals surface area contributed by atoms with Crippen molar-refractivity contribution in [3.63, 3.8) is 0 Å². The van der Waals surface area contributed by atoms with Gasteiger partial charge in [-0.1, -0.05) is 25.5 Å². The normalized spacial score (nSPS) is 10.4. The van der Waals surface area contributed by atoms with Gasteiger partial charge in [-0.05, 0) is 18.6 Å². The number of ether oxygens (including phenoxy) is 2. The van der Waals surface area contributed by atoms with E-state index in [1.54, 1.807) is 24.3 Å². The largest absolute Gasteiger partial charge is 0.482 e. The van der Waals surface area contributed by atoms with Gasteiger partial charge in [0.05, 0.1) is 12.2 Å². The molecule has 0 saturated heterocycles. The fourth-order valence-corrected chi connectivity index (χ4v) is 2.82. The molecular formula is C20H25N5O5. The maximum atomic E-state index is 12.9. The molecule has 1 heterocycles. The number of carbonyl (C=O) groups is 1. The van der Waals surface area contributed by atoms with Crippen LogP contribution in [-0.2, 0) is 16.1 Å². The Bertz CT molecular complexity index is 1040. The standard InChI is InChI=1S/C20H25N5O5/c1-3-4-9-25-18(22)17(19(27)23-20(25)28)24(10-11-29-2)16(26)13-30-15-8-6-5-7-14(15)12-21/h5-8H,3-4,9-11,13,22H2,1-2H3,(H,23,27,28). The number of carbonyl (C=O) groups excluding carboxylic acids is 1. The van der Waals surface area contributed by atoms with Crippen LogP contribution < -0.4 is 26.6 Å². The molecule has 0 fully saturated rings. The first-order valence-electron chi connectivity index (χ1n) is 9.48. The van der Waals surface area contributed by atoms with Gasteiger partial charge >= 0.3 is 5.69 Å². The van der Waals surface area contributed by atoms with Crippen LogP contribution in [0.25, 0.3) is 0 Å². The van der Waals surface area contributed by atoms with Crippen molar-refractivity contribution in [2.45, 2.75) is 26.3 Å². The van der Waals surface area contributed by atoms with Crippen molar-refractivity contribution in [3.05, 3.63) is 50.7 Å². The fraction of sp³-hybridized carbons (Fsp3) is 0.400. The third-order valence-electron chi connectivity index (χ3n) is 4.40. The molecule has 3 N–H and O–H groups in total. The van der Waals surface area contributed by atoms with E-state index in [1.807, 2.05) is 13.0 Å². The van der Waals surface area contributed by atoms with Crippen molar-refractivity contribution in [3.8, 4) is 11.8 Å². The molecule has 0 aliphatic rings. The van der Waals surface area contributed by atoms with Crippen LogP contribution in [0.15, 0.2) is 33.9 Å². The molecule has 160 valence electrons. The molecule has 30 heavy (non-hydrogen) atoms. The third-order valence-corrected chi connectivity index (χ3v) is 4.40. The topological polar surface area (TPSA) is 143 Å². The number of anilines is 2. The van der Waals surface area contributed by atoms with E-state index in [0.717, 1.165) is 11.3 Å². The quantitative estimate of drug-likeness (QED) is 0.585. The first-order chi connectivity index (χ1) is 14.4. The first kappa shape index (κ1) is 22.7. The predicted molar refractivity (Wildman–Crippen MR) is 112 cm³/mol. The maximum absolute atomic E-state index is 12.9. The number of hydrogen-bond donors (Lipinski definition) is 2. The molecule has 0 aliphatic carbocycles. The molecule has 10 nitrogen and oxygen atoms in total. The van der Waals surface area contributed by atoms with E-state index in [-0.39, 0.29) is 36.0 Å². The Morgan fingerprint density at radius 3 is 2.73 bits per heavy atom. The summed E-state index contributed by atoms with van der Waals surface area (Å²) in [7, 11) is 1.46. The second-order valence-electron chi connectivity index (χ2n) is 6.43. The number of nitrogens with zero attached hydrogens (tertiary/aromatic N) is 3. The van der Waals surface area contributed by atoms with E-state index in [9.17, 15) is 14.4 Å². The summed E-state index contributed by atoms with van der Waals surface area (Å²) in [4.78, 5) is 40.9. The zero-order valence-electron chi connectivity index (χ0n) is 17.0. The van der Waals surface area contributed by atoms with E-state index < -0.39 is 23.8 Å². The second-order valence-corrected chi connectivity index (χ2v) is 6.43. The lowest BCUT2D eigenvalue weighted by Gasteiger charge is -2.24. The van der Waals surface area contributed by atoms with E-state index >= 15 is 0 Å². The van der Waals surface area contributed by atoms with Crippen molar-refractivity contribution in [1.29, 1.82) is 5.26 Å². The van der Waals surface area contributed by atoms with Gasteiger partial charge in [-0.15, -0.1) is 0 Å². The predicted octanol–water partition coefficient (Wildman–Crippen LogP) is 0.849. The third kappa shape index (κ3) is 5.27. The molecule has 0 bridgehead atoms. The summed E-state index contributed by atoms with van der Waals surface area (Å²) >= 11 is 0. The van der Waals surface area contributed by atoms with E-state index in [0.29, 0.717) is 13.0 Å². The smallest absolute Gasteiger partial charge is 0.330 e. The lowest BCUT2D eigenvalue weighted by molar-refractivity contribution is -0.120. The number of aromatic nitrogens is 2. The molecule has 10 heteroatoms. The van der Waals surface area contributed by atoms with Gasteiger partial charge in [-0.2, -0.15) is 5.26 Å². The molecule has 1 aromatic heterocycles. The van der Waals surface area contributed by atoms with Crippen LogP contribution in [0.2, 0.25) is 0 Å². The number of nitriles is 1. The molecule has 0 saturated carbocycles. The number of H-pyrrole nitrogens is 1. The van der Waals surface area contributed by atoms with Crippen molar-refractivity contribution < 1.29 is 14.3 Å². The maximum Gasteiger partial charge on any atom is 0.330 e. The van der Waals surface area contributed by atoms with Gasteiger partial charge in [0.2, 0.25) is 0 Å². The zero-order valence-corrected chi connectivity index (χ0v) is 17.0. The molecule has 1 amide bonds. The van der Waals surface area contributed by atoms with E-state index in [4.69, 9.17) is 20.5 Å². The van der Waals surface area contributed by atoms with Gasteiger partial charge in [0.1, 0.15) is 17.6 Å². The van der Waals surface area contributed by atoms with Gasteiger partial charge in [-0.3, -0.25) is 24.0 Å². The Morgan fingerprint density at radius 2 is 2.07 bits per heavy atom. The number of benzene rings is 1. The van der Waals surface area contributed by atoms with Crippen LogP contribution in [0.3, 0.4) is 0 Å². The summed E-state index contributed by atoms with van der Waals surface area (Å²) in [5, 5.41) is 9.15. The van der Waals surface area contributed by atoms with Crippen LogP contribution in [0, 0.1) is 11.3 Å². The number of nitrogen functional groups attached to an aromatic ring is 1. The van der Waals surface area contributed by atoms with Gasteiger partial charge in [-0.25, -0.2) is 4.79 Å². The number of hydrogen-bond acceptors (Lipinski definition) is 7. The molecule has 0 unspecified atom stereocenters. The summed E-state index contributed by atoms with van der Waals surface area (Å²) < 4.78 is 11.8. The van der Waals surface area contributed by atoms with Crippen LogP contribution >= 0.6 is 0 Å². The number of para-hydroxylation sites is 1. The first-order valence-corrected chi connectivity index (χ1v) is 9.48. The molecule has 2 rings (SSSR count). The molecular weight excluding hydrogens is 390 g/mol. The van der Waals surface area contributed by atoms with Crippen LogP contribution in [0.5, 0.6) is 5.75 Å². The highest BCUT2D eigenvalue weighted by Crippen LogP contribution is 2.19. The number of nitrogens with two attached hydrogens (primary N) is 1. The number of amides is 1. The summed E-state index contributed by atoms with van der Waals surface area (Å²) in [6.45, 7) is 1.99. The second kappa shape index (κ2) is 10.8. The minimum absolute atomic E-state index is 0.0256. The lowest BCUT2D eigenvalue weighted by Crippen LogP contribution is -2.44. The number of nitrogens with one attached hydrogen (secondary N) is 1. The summed E-state index contributed by atoms with van der Waals surface area (Å²) in [6.07, 6.45) is 1.49. The van der Waals surface area contributed by atoms with Crippen LogP contribution in [-0.4, -0.2) is 42.3 Å². The Morgan fingerprint density at radius 1 is 1.33 bits per heavy atom. The average molecular weight is 415 g/mol. The summed E-state index contributed by atoms with van der Waals surface area (Å²) in [5.41, 5.74) is 4.85. The molecule has 1 aromatic carbocycles. The highest BCUT2D eigenvalue weighted by atomic mass is 16.5. The Labute approximate surface area is 173 Å². The number of rotatable bonds is 10. The zero-order chi connectivity index (χ0) is 22.1. The number of aromatic amines is 1. The summed E-state index contributed by atoms with van der Waals surface area (Å²) in [5.74, 6) is -0.424. The average Bonchev–Trinajstić information content (AvgIpc) is 2.74. The highest BCUT2D eigenvalue weighted by molar-refractivity contribution is 5.96. The molecule has 2 aromatic rings. The van der Waals surface area contributed by atoms with Crippen LogP contribution in [0.4, 0.5) is 11.5 Å². The van der Waals surface area contributed by atoms with Crippen molar-refractivity contribution in [2.24, 2.45) is 0 Å². The number of methoxy groups -OCH3 is 1. The van der Waals surface area contributed by atoms with Crippen LogP contribution in [0.1, 0.15) is 25.3 Å². The molecule has 0 radical (unpaired) electrons. The molecule has 0 spiro atoms. The molecule has 0 atom stereocenters. The Balaban J connectivity index is 2.37. The monoisotopic (exact) mass is 415 g/mol. The Kier molecular flexibility index (Phi) is 8.19. The lowest BCUT2D eigenvalue weighted by atomic mass is 10.2. The van der Waals surface area contributed by atoms with Crippen molar-refractivity contribution in [1.82, 2.24) is 9.55 Å². The Hall–Kier alpha value is -3.58. The van der Waals surface area contributed by atoms with Gasteiger partial charge in [0.25, 0.3) is 11.5 Å². The molecule has 0 aliphatic heterocycles. The highest BCUT2D eigenvalue weighted by Gasteiger charge is 2.24. The fourth-order valence-electron chi connectivity index (χ4n) is 2.82. The van der Waals surface area contributed by atoms with Crippen molar-refractivity contribution in [2.75, 3.05) is 37.5 Å². The minimum Gasteiger partial charge on any atom is -0.482 e. The SMILES string of the molecule is CCCCn1c(N)c(N(CCOC)C(=O)COc2ccccc2C#N)c(=O)[nH]c1=O. The van der Waals surface area contributed by atoms with Crippen molar-refractivity contribution >= 4 is 17.4 Å². The van der Waals surface area contributed by atoms with E-state index in [2.05, 4.69) is 4.98 Å². The van der Waals surface area contributed by atoms with Gasteiger partial charge < -0.3 is 15.2 Å². The van der Waals surface area contributed by atoms with E-state index in [1.165, 1.54) is 11.7 Å². The minimum atomic E-state index is -0.771. The number of unbranched alkanes of at least 4 members (excludes halogenated alkanes) is 1. The van der Waals surface area contributed by atoms with Gasteiger partial charge in [0, 0.05) is 20.2 Å². The summed E-state index contributed by atoms with van der Waals surface area (Å²) in [6, 6.07) is 8.47. The van der Waals surface area contributed by atoms with Gasteiger partial charge in [0.15, 0.2) is 12.3 Å².